The Hall–Kier alpha value is -1.88. The van der Waals surface area contributed by atoms with Crippen molar-refractivity contribution in [3.63, 3.8) is 0 Å². The van der Waals surface area contributed by atoms with Gasteiger partial charge < -0.3 is 15.0 Å². The summed E-state index contributed by atoms with van der Waals surface area (Å²) in [6.07, 6.45) is 2.05. The Morgan fingerprint density at radius 2 is 2.08 bits per heavy atom. The number of nitrogens with one attached hydrogen (secondary N) is 1. The summed E-state index contributed by atoms with van der Waals surface area (Å²) in [4.78, 5) is 26.5. The van der Waals surface area contributed by atoms with E-state index < -0.39 is 0 Å². The summed E-state index contributed by atoms with van der Waals surface area (Å²) in [7, 11) is 1.67. The predicted octanol–water partition coefficient (Wildman–Crippen LogP) is 1.86. The molecule has 1 aliphatic heterocycles. The van der Waals surface area contributed by atoms with Gasteiger partial charge in [0.05, 0.1) is 13.0 Å². The molecule has 1 aromatic rings. The number of methoxy groups -OCH3 is 1. The normalized spacial score (nSPS) is 28.2. The van der Waals surface area contributed by atoms with Gasteiger partial charge >= 0.3 is 0 Å². The Morgan fingerprint density at radius 1 is 1.32 bits per heavy atom. The highest BCUT2D eigenvalue weighted by molar-refractivity contribution is 5.80. The third-order valence-electron chi connectivity index (χ3n) is 5.80. The largest absolute Gasteiger partial charge is 0.383 e. The van der Waals surface area contributed by atoms with Crippen molar-refractivity contribution in [1.82, 2.24) is 10.2 Å². The molecule has 4 atom stereocenters. The van der Waals surface area contributed by atoms with Gasteiger partial charge in [-0.1, -0.05) is 37.3 Å². The van der Waals surface area contributed by atoms with Gasteiger partial charge in [-0.2, -0.15) is 0 Å². The highest BCUT2D eigenvalue weighted by atomic mass is 16.5. The second kappa shape index (κ2) is 8.00. The Bertz CT molecular complexity index is 604. The number of hydrogen-bond acceptors (Lipinski definition) is 3. The summed E-state index contributed by atoms with van der Waals surface area (Å²) >= 11 is 0. The van der Waals surface area contributed by atoms with Crippen LogP contribution in [0, 0.1) is 17.8 Å². The van der Waals surface area contributed by atoms with Crippen LogP contribution in [0.4, 0.5) is 0 Å². The Labute approximate surface area is 149 Å². The third kappa shape index (κ3) is 4.03. The van der Waals surface area contributed by atoms with Crippen LogP contribution in [0.25, 0.3) is 0 Å². The van der Waals surface area contributed by atoms with E-state index in [1.165, 1.54) is 0 Å². The SMILES string of the molecule is COCCN1C(=O)C[C@H]2[C@H](CNC(=O)Cc3ccccc3)[C@@H](C)C[C@H]21. The van der Waals surface area contributed by atoms with E-state index in [2.05, 4.69) is 12.2 Å². The number of fused-ring (bicyclic) bond motifs is 1. The standard InChI is InChI=1S/C20H28N2O3/c1-14-10-18-16(12-20(24)22(18)8-9-25-2)17(14)13-21-19(23)11-15-6-4-3-5-7-15/h3-7,14,16-18H,8-13H2,1-2H3,(H,21,23)/t14-,16-,17+,18+/m0/s1. The Balaban J connectivity index is 1.54. The molecule has 5 nitrogen and oxygen atoms in total. The predicted molar refractivity (Wildman–Crippen MR) is 95.9 cm³/mol. The summed E-state index contributed by atoms with van der Waals surface area (Å²) in [6.45, 7) is 4.17. The van der Waals surface area contributed by atoms with Crippen LogP contribution in [0.3, 0.4) is 0 Å². The molecule has 0 spiro atoms. The maximum Gasteiger partial charge on any atom is 0.224 e. The zero-order chi connectivity index (χ0) is 17.8. The molecule has 1 aliphatic carbocycles. The minimum absolute atomic E-state index is 0.0578. The van der Waals surface area contributed by atoms with E-state index in [9.17, 15) is 9.59 Å². The van der Waals surface area contributed by atoms with Crippen molar-refractivity contribution in [3.05, 3.63) is 35.9 Å². The van der Waals surface area contributed by atoms with Gasteiger partial charge in [-0.15, -0.1) is 0 Å². The van der Waals surface area contributed by atoms with E-state index in [0.29, 0.717) is 56.3 Å². The van der Waals surface area contributed by atoms with Crippen molar-refractivity contribution in [2.45, 2.75) is 32.2 Å². The molecule has 2 aliphatic rings. The number of hydrogen-bond donors (Lipinski definition) is 1. The lowest BCUT2D eigenvalue weighted by Gasteiger charge is -2.24. The molecule has 1 saturated carbocycles. The van der Waals surface area contributed by atoms with Crippen molar-refractivity contribution in [3.8, 4) is 0 Å². The van der Waals surface area contributed by atoms with Crippen LogP contribution in [0.1, 0.15) is 25.3 Å². The smallest absolute Gasteiger partial charge is 0.224 e. The number of carbonyl (C=O) groups is 2. The average Bonchev–Trinajstić information content (AvgIpc) is 3.05. The first-order valence-electron chi connectivity index (χ1n) is 9.19. The zero-order valence-electron chi connectivity index (χ0n) is 15.1. The Kier molecular flexibility index (Phi) is 5.74. The van der Waals surface area contributed by atoms with Gasteiger partial charge in [0, 0.05) is 32.7 Å². The molecule has 0 aromatic heterocycles. The second-order valence-corrected chi connectivity index (χ2v) is 7.36. The number of rotatable bonds is 7. The molecule has 1 aromatic carbocycles. The highest BCUT2D eigenvalue weighted by Gasteiger charge is 2.50. The molecule has 2 amide bonds. The van der Waals surface area contributed by atoms with Crippen LogP contribution >= 0.6 is 0 Å². The minimum Gasteiger partial charge on any atom is -0.383 e. The number of carbonyl (C=O) groups excluding carboxylic acids is 2. The molecule has 25 heavy (non-hydrogen) atoms. The van der Waals surface area contributed by atoms with E-state index in [0.717, 1.165) is 12.0 Å². The molecule has 0 bridgehead atoms. The number of benzene rings is 1. The van der Waals surface area contributed by atoms with Gasteiger partial charge in [0.25, 0.3) is 0 Å². The molecule has 3 rings (SSSR count). The maximum absolute atomic E-state index is 12.3. The molecule has 1 heterocycles. The van der Waals surface area contributed by atoms with Crippen LogP contribution in [0.15, 0.2) is 30.3 Å². The summed E-state index contributed by atoms with van der Waals surface area (Å²) in [5.74, 6) is 1.55. The molecular formula is C20H28N2O3. The molecule has 2 fully saturated rings. The lowest BCUT2D eigenvalue weighted by molar-refractivity contribution is -0.129. The van der Waals surface area contributed by atoms with E-state index >= 15 is 0 Å². The van der Waals surface area contributed by atoms with E-state index in [4.69, 9.17) is 4.74 Å². The third-order valence-corrected chi connectivity index (χ3v) is 5.80. The Morgan fingerprint density at radius 3 is 2.80 bits per heavy atom. The summed E-state index contributed by atoms with van der Waals surface area (Å²) in [5, 5.41) is 3.10. The van der Waals surface area contributed by atoms with Gasteiger partial charge in [-0.05, 0) is 29.7 Å². The van der Waals surface area contributed by atoms with E-state index in [-0.39, 0.29) is 11.8 Å². The average molecular weight is 344 g/mol. The van der Waals surface area contributed by atoms with Gasteiger partial charge in [0.15, 0.2) is 0 Å². The van der Waals surface area contributed by atoms with Gasteiger partial charge in [-0.3, -0.25) is 9.59 Å². The fourth-order valence-corrected chi connectivity index (χ4v) is 4.50. The van der Waals surface area contributed by atoms with Crippen LogP contribution in [-0.4, -0.2) is 49.6 Å². The highest BCUT2D eigenvalue weighted by Crippen LogP contribution is 2.45. The van der Waals surface area contributed by atoms with Crippen LogP contribution in [0.5, 0.6) is 0 Å². The van der Waals surface area contributed by atoms with E-state index in [1.54, 1.807) is 7.11 Å². The first-order valence-corrected chi connectivity index (χ1v) is 9.19. The first-order chi connectivity index (χ1) is 12.1. The van der Waals surface area contributed by atoms with Crippen molar-refractivity contribution < 1.29 is 14.3 Å². The number of likely N-dealkylation sites (tertiary alicyclic amines) is 1. The van der Waals surface area contributed by atoms with E-state index in [1.807, 2.05) is 35.2 Å². The molecule has 5 heteroatoms. The number of nitrogens with zero attached hydrogens (tertiary/aromatic N) is 1. The van der Waals surface area contributed by atoms with Crippen molar-refractivity contribution in [1.29, 1.82) is 0 Å². The lowest BCUT2D eigenvalue weighted by Crippen LogP contribution is -2.37. The van der Waals surface area contributed by atoms with Crippen LogP contribution in [-0.2, 0) is 20.7 Å². The monoisotopic (exact) mass is 344 g/mol. The quantitative estimate of drug-likeness (QED) is 0.821. The zero-order valence-corrected chi connectivity index (χ0v) is 15.1. The van der Waals surface area contributed by atoms with Crippen molar-refractivity contribution in [2.75, 3.05) is 26.8 Å². The molecule has 0 radical (unpaired) electrons. The van der Waals surface area contributed by atoms with Crippen molar-refractivity contribution in [2.24, 2.45) is 17.8 Å². The number of amides is 2. The number of ether oxygens (including phenoxy) is 1. The fourth-order valence-electron chi connectivity index (χ4n) is 4.50. The topological polar surface area (TPSA) is 58.6 Å². The van der Waals surface area contributed by atoms with Gasteiger partial charge in [0.1, 0.15) is 0 Å². The lowest BCUT2D eigenvalue weighted by atomic mass is 9.88. The van der Waals surface area contributed by atoms with Crippen molar-refractivity contribution >= 4 is 11.8 Å². The minimum atomic E-state index is 0.0578. The fraction of sp³-hybridized carbons (Fsp3) is 0.600. The molecule has 136 valence electrons. The molecule has 0 unspecified atom stereocenters. The summed E-state index contributed by atoms with van der Waals surface area (Å²) in [5.41, 5.74) is 1.03. The molecular weight excluding hydrogens is 316 g/mol. The first kappa shape index (κ1) is 17.9. The summed E-state index contributed by atoms with van der Waals surface area (Å²) in [6, 6.07) is 10.1. The molecule has 1 saturated heterocycles. The maximum atomic E-state index is 12.3. The summed E-state index contributed by atoms with van der Waals surface area (Å²) < 4.78 is 5.14. The van der Waals surface area contributed by atoms with Crippen LogP contribution in [0.2, 0.25) is 0 Å². The van der Waals surface area contributed by atoms with Crippen LogP contribution < -0.4 is 5.32 Å². The molecule has 1 N–H and O–H groups in total. The van der Waals surface area contributed by atoms with Gasteiger partial charge in [-0.25, -0.2) is 0 Å². The second-order valence-electron chi connectivity index (χ2n) is 7.36. The van der Waals surface area contributed by atoms with Gasteiger partial charge in [0.2, 0.25) is 11.8 Å².